The van der Waals surface area contributed by atoms with Gasteiger partial charge in [-0.1, -0.05) is 19.1 Å². The van der Waals surface area contributed by atoms with Crippen LogP contribution in [0, 0.1) is 0 Å². The van der Waals surface area contributed by atoms with E-state index in [2.05, 4.69) is 35.8 Å². The van der Waals surface area contributed by atoms with Crippen molar-refractivity contribution >= 4 is 5.91 Å². The zero-order chi connectivity index (χ0) is 13.8. The summed E-state index contributed by atoms with van der Waals surface area (Å²) in [6, 6.07) is 12.4. The molecule has 1 heterocycles. The van der Waals surface area contributed by atoms with Gasteiger partial charge in [-0.05, 0) is 35.7 Å². The highest BCUT2D eigenvalue weighted by Gasteiger charge is 2.12. The quantitative estimate of drug-likeness (QED) is 0.825. The molecule has 0 aliphatic rings. The molecule has 0 radical (unpaired) electrons. The van der Waals surface area contributed by atoms with Crippen LogP contribution in [0.2, 0.25) is 0 Å². The molecular formula is C16H20N2O. The van der Waals surface area contributed by atoms with Gasteiger partial charge in [-0.25, -0.2) is 0 Å². The second-order valence-corrected chi connectivity index (χ2v) is 5.08. The van der Waals surface area contributed by atoms with Gasteiger partial charge in [-0.3, -0.25) is 4.79 Å². The standard InChI is InChI=1S/C16H20N2O/c1-13(12-16(19)17(2)3)14-6-8-15(9-7-14)18-10-4-5-11-18/h4-11,13H,12H2,1-3H3. The van der Waals surface area contributed by atoms with Gasteiger partial charge in [0.25, 0.3) is 0 Å². The number of carbonyl (C=O) groups excluding carboxylic acids is 1. The van der Waals surface area contributed by atoms with Crippen LogP contribution in [-0.2, 0) is 4.79 Å². The maximum absolute atomic E-state index is 11.7. The lowest BCUT2D eigenvalue weighted by molar-refractivity contribution is -0.129. The number of hydrogen-bond donors (Lipinski definition) is 0. The van der Waals surface area contributed by atoms with E-state index in [9.17, 15) is 4.79 Å². The lowest BCUT2D eigenvalue weighted by Crippen LogP contribution is -2.22. The number of nitrogens with zero attached hydrogens (tertiary/aromatic N) is 2. The molecule has 0 bridgehead atoms. The molecule has 1 aromatic heterocycles. The Hall–Kier alpha value is -2.03. The molecule has 0 spiro atoms. The van der Waals surface area contributed by atoms with Crippen LogP contribution < -0.4 is 0 Å². The molecule has 19 heavy (non-hydrogen) atoms. The van der Waals surface area contributed by atoms with E-state index in [0.717, 1.165) is 5.69 Å². The van der Waals surface area contributed by atoms with Gasteiger partial charge < -0.3 is 9.47 Å². The van der Waals surface area contributed by atoms with Crippen molar-refractivity contribution in [3.8, 4) is 5.69 Å². The number of aromatic nitrogens is 1. The number of hydrogen-bond acceptors (Lipinski definition) is 1. The summed E-state index contributed by atoms with van der Waals surface area (Å²) >= 11 is 0. The fraction of sp³-hybridized carbons (Fsp3) is 0.312. The smallest absolute Gasteiger partial charge is 0.222 e. The molecule has 2 rings (SSSR count). The maximum Gasteiger partial charge on any atom is 0.222 e. The van der Waals surface area contributed by atoms with Gasteiger partial charge in [0, 0.05) is 38.6 Å². The minimum atomic E-state index is 0.169. The van der Waals surface area contributed by atoms with Gasteiger partial charge in [0.15, 0.2) is 0 Å². The van der Waals surface area contributed by atoms with E-state index in [1.165, 1.54) is 5.56 Å². The molecule has 100 valence electrons. The molecule has 0 fully saturated rings. The van der Waals surface area contributed by atoms with Crippen LogP contribution in [0.3, 0.4) is 0 Å². The Balaban J connectivity index is 2.08. The molecule has 0 N–H and O–H groups in total. The Labute approximate surface area is 114 Å². The molecule has 0 aliphatic carbocycles. The Morgan fingerprint density at radius 1 is 1.16 bits per heavy atom. The molecule has 1 unspecified atom stereocenters. The van der Waals surface area contributed by atoms with Gasteiger partial charge in [0.1, 0.15) is 0 Å². The minimum absolute atomic E-state index is 0.169. The van der Waals surface area contributed by atoms with Gasteiger partial charge in [0.2, 0.25) is 5.91 Å². The maximum atomic E-state index is 11.7. The van der Waals surface area contributed by atoms with E-state index >= 15 is 0 Å². The fourth-order valence-corrected chi connectivity index (χ4v) is 2.04. The van der Waals surface area contributed by atoms with Gasteiger partial charge in [-0.15, -0.1) is 0 Å². The van der Waals surface area contributed by atoms with Crippen molar-refractivity contribution in [2.24, 2.45) is 0 Å². The van der Waals surface area contributed by atoms with Crippen LogP contribution in [0.5, 0.6) is 0 Å². The topological polar surface area (TPSA) is 25.2 Å². The molecule has 3 nitrogen and oxygen atoms in total. The first-order valence-corrected chi connectivity index (χ1v) is 6.51. The van der Waals surface area contributed by atoms with E-state index in [-0.39, 0.29) is 11.8 Å². The Morgan fingerprint density at radius 3 is 2.26 bits per heavy atom. The molecule has 0 aliphatic heterocycles. The SMILES string of the molecule is CC(CC(=O)N(C)C)c1ccc(-n2cccc2)cc1. The second-order valence-electron chi connectivity index (χ2n) is 5.08. The highest BCUT2D eigenvalue weighted by atomic mass is 16.2. The van der Waals surface area contributed by atoms with Crippen molar-refractivity contribution < 1.29 is 4.79 Å². The summed E-state index contributed by atoms with van der Waals surface area (Å²) < 4.78 is 2.07. The molecule has 0 saturated carbocycles. The monoisotopic (exact) mass is 256 g/mol. The summed E-state index contributed by atoms with van der Waals surface area (Å²) in [5.41, 5.74) is 2.34. The first-order chi connectivity index (χ1) is 9.08. The van der Waals surface area contributed by atoms with E-state index in [1.807, 2.05) is 24.5 Å². The highest BCUT2D eigenvalue weighted by Crippen LogP contribution is 2.21. The molecular weight excluding hydrogens is 236 g/mol. The van der Waals surface area contributed by atoms with Crippen molar-refractivity contribution in [3.63, 3.8) is 0 Å². The third-order valence-corrected chi connectivity index (χ3v) is 3.34. The zero-order valence-corrected chi connectivity index (χ0v) is 11.7. The fourth-order valence-electron chi connectivity index (χ4n) is 2.04. The summed E-state index contributed by atoms with van der Waals surface area (Å²) in [5, 5.41) is 0. The van der Waals surface area contributed by atoms with Crippen LogP contribution in [0.25, 0.3) is 5.69 Å². The van der Waals surface area contributed by atoms with Crippen LogP contribution in [-0.4, -0.2) is 29.5 Å². The van der Waals surface area contributed by atoms with E-state index < -0.39 is 0 Å². The van der Waals surface area contributed by atoms with Crippen LogP contribution in [0.1, 0.15) is 24.8 Å². The minimum Gasteiger partial charge on any atom is -0.349 e. The molecule has 1 amide bonds. The Kier molecular flexibility index (Phi) is 4.05. The van der Waals surface area contributed by atoms with Crippen LogP contribution >= 0.6 is 0 Å². The molecule has 1 atom stereocenters. The molecule has 1 aromatic carbocycles. The largest absolute Gasteiger partial charge is 0.349 e. The Bertz CT molecular complexity index is 526. The predicted molar refractivity (Wildman–Crippen MR) is 77.5 cm³/mol. The predicted octanol–water partition coefficient (Wildman–Crippen LogP) is 3.06. The first kappa shape index (κ1) is 13.4. The average molecular weight is 256 g/mol. The van der Waals surface area contributed by atoms with Crippen LogP contribution in [0.15, 0.2) is 48.8 Å². The third kappa shape index (κ3) is 3.25. The summed E-state index contributed by atoms with van der Waals surface area (Å²) in [5.74, 6) is 0.413. The molecule has 2 aromatic rings. The third-order valence-electron chi connectivity index (χ3n) is 3.34. The van der Waals surface area contributed by atoms with Gasteiger partial charge >= 0.3 is 0 Å². The number of benzene rings is 1. The number of carbonyl (C=O) groups is 1. The van der Waals surface area contributed by atoms with Gasteiger partial charge in [-0.2, -0.15) is 0 Å². The normalized spacial score (nSPS) is 12.2. The summed E-state index contributed by atoms with van der Waals surface area (Å²) in [4.78, 5) is 13.3. The van der Waals surface area contributed by atoms with Crippen molar-refractivity contribution in [1.82, 2.24) is 9.47 Å². The molecule has 3 heteroatoms. The summed E-state index contributed by atoms with van der Waals surface area (Å²) in [6.45, 7) is 2.09. The average Bonchev–Trinajstić information content (AvgIpc) is 2.92. The van der Waals surface area contributed by atoms with Gasteiger partial charge in [0.05, 0.1) is 0 Å². The van der Waals surface area contributed by atoms with E-state index in [1.54, 1.807) is 19.0 Å². The van der Waals surface area contributed by atoms with Crippen LogP contribution in [0.4, 0.5) is 0 Å². The molecule has 0 saturated heterocycles. The van der Waals surface area contributed by atoms with Crippen molar-refractivity contribution in [1.29, 1.82) is 0 Å². The second kappa shape index (κ2) is 5.74. The van der Waals surface area contributed by atoms with E-state index in [0.29, 0.717) is 6.42 Å². The highest BCUT2D eigenvalue weighted by molar-refractivity contribution is 5.76. The lowest BCUT2D eigenvalue weighted by Gasteiger charge is -2.16. The Morgan fingerprint density at radius 2 is 1.74 bits per heavy atom. The lowest BCUT2D eigenvalue weighted by atomic mass is 9.97. The number of amides is 1. The van der Waals surface area contributed by atoms with Crippen molar-refractivity contribution in [2.45, 2.75) is 19.3 Å². The summed E-state index contributed by atoms with van der Waals surface area (Å²) in [7, 11) is 3.59. The zero-order valence-electron chi connectivity index (χ0n) is 11.7. The van der Waals surface area contributed by atoms with Crippen molar-refractivity contribution in [2.75, 3.05) is 14.1 Å². The van der Waals surface area contributed by atoms with Crippen molar-refractivity contribution in [3.05, 3.63) is 54.4 Å². The van der Waals surface area contributed by atoms with E-state index in [4.69, 9.17) is 0 Å². The first-order valence-electron chi connectivity index (χ1n) is 6.51. The number of rotatable bonds is 4. The summed E-state index contributed by atoms with van der Waals surface area (Å²) in [6.07, 6.45) is 4.60.